The van der Waals surface area contributed by atoms with Crippen LogP contribution >= 0.6 is 0 Å². The molecule has 0 unspecified atom stereocenters. The maximum atomic E-state index is 14.3. The molecule has 2 aromatic rings. The fourth-order valence-electron chi connectivity index (χ4n) is 5.96. The van der Waals surface area contributed by atoms with Gasteiger partial charge in [0.1, 0.15) is 0 Å². The minimum Gasteiger partial charge on any atom is -0.490 e. The smallest absolute Gasteiger partial charge is 0.205 e. The second-order valence-corrected chi connectivity index (χ2v) is 10.5. The highest BCUT2D eigenvalue weighted by Crippen LogP contribution is 2.40. The number of hydrogen-bond donors (Lipinski definition) is 0. The number of halogens is 2. The molecule has 0 amide bonds. The van der Waals surface area contributed by atoms with Crippen molar-refractivity contribution in [2.24, 2.45) is 11.8 Å². The average Bonchev–Trinajstić information content (AvgIpc) is 2.90. The number of rotatable bonds is 9. The normalized spacial score (nSPS) is 25.0. The molecule has 2 fully saturated rings. The Morgan fingerprint density at radius 2 is 1.26 bits per heavy atom. The fraction of sp³-hybridized carbons (Fsp3) is 0.548. The molecule has 2 aliphatic carbocycles. The van der Waals surface area contributed by atoms with Crippen molar-refractivity contribution in [1.82, 2.24) is 0 Å². The van der Waals surface area contributed by atoms with Crippen LogP contribution in [0.4, 0.5) is 8.78 Å². The molecule has 2 aliphatic rings. The largest absolute Gasteiger partial charge is 0.490 e. The highest BCUT2D eigenvalue weighted by molar-refractivity contribution is 5.35. The lowest BCUT2D eigenvalue weighted by molar-refractivity contribution is 0.192. The van der Waals surface area contributed by atoms with Gasteiger partial charge in [0.2, 0.25) is 11.6 Å². The summed E-state index contributed by atoms with van der Waals surface area (Å²) in [5, 5.41) is 0. The Morgan fingerprint density at radius 1 is 0.743 bits per heavy atom. The average molecular weight is 483 g/mol. The zero-order valence-electron chi connectivity index (χ0n) is 21.3. The minimum atomic E-state index is -1.01. The first kappa shape index (κ1) is 25.7. The summed E-state index contributed by atoms with van der Waals surface area (Å²) < 4.78 is 39.3. The van der Waals surface area contributed by atoms with Crippen molar-refractivity contribution in [2.75, 3.05) is 6.61 Å². The first-order chi connectivity index (χ1) is 17.1. The Morgan fingerprint density at radius 3 is 1.80 bits per heavy atom. The van der Waals surface area contributed by atoms with Crippen LogP contribution < -0.4 is 9.47 Å². The van der Waals surface area contributed by atoms with Crippen LogP contribution in [0.25, 0.3) is 0 Å². The Balaban J connectivity index is 1.24. The molecule has 4 heteroatoms. The second kappa shape index (κ2) is 12.6. The van der Waals surface area contributed by atoms with Crippen molar-refractivity contribution in [3.05, 3.63) is 71.5 Å². The zero-order valence-corrected chi connectivity index (χ0v) is 21.3. The topological polar surface area (TPSA) is 18.5 Å². The van der Waals surface area contributed by atoms with Crippen LogP contribution in [-0.2, 0) is 0 Å². The van der Waals surface area contributed by atoms with Crippen molar-refractivity contribution < 1.29 is 18.3 Å². The van der Waals surface area contributed by atoms with Crippen molar-refractivity contribution >= 4 is 0 Å². The predicted molar refractivity (Wildman–Crippen MR) is 138 cm³/mol. The van der Waals surface area contributed by atoms with Crippen LogP contribution in [0.1, 0.15) is 101 Å². The minimum absolute atomic E-state index is 0.0447. The molecule has 0 heterocycles. The molecule has 190 valence electrons. The van der Waals surface area contributed by atoms with Crippen LogP contribution in [0.2, 0.25) is 0 Å². The Labute approximate surface area is 209 Å². The van der Waals surface area contributed by atoms with Gasteiger partial charge in [0.25, 0.3) is 0 Å². The Hall–Kier alpha value is -2.36. The number of hydrogen-bond acceptors (Lipinski definition) is 2. The van der Waals surface area contributed by atoms with Gasteiger partial charge in [-0.25, -0.2) is 0 Å². The third-order valence-electron chi connectivity index (χ3n) is 8.09. The highest BCUT2D eigenvalue weighted by Gasteiger charge is 2.25. The van der Waals surface area contributed by atoms with Gasteiger partial charge in [-0.3, -0.25) is 0 Å². The van der Waals surface area contributed by atoms with Gasteiger partial charge in [0.05, 0.1) is 12.9 Å². The van der Waals surface area contributed by atoms with E-state index in [4.69, 9.17) is 9.47 Å². The summed E-state index contributed by atoms with van der Waals surface area (Å²) in [7, 11) is 0. The van der Waals surface area contributed by atoms with Gasteiger partial charge in [-0.15, -0.1) is 0 Å². The summed E-state index contributed by atoms with van der Waals surface area (Å²) in [4.78, 5) is 0. The second-order valence-electron chi connectivity index (χ2n) is 10.5. The van der Waals surface area contributed by atoms with E-state index in [0.717, 1.165) is 37.5 Å². The summed E-state index contributed by atoms with van der Waals surface area (Å²) in [5.74, 6) is 0.450. The van der Waals surface area contributed by atoms with Crippen LogP contribution in [0.5, 0.6) is 11.5 Å². The van der Waals surface area contributed by atoms with Gasteiger partial charge >= 0.3 is 0 Å². The van der Waals surface area contributed by atoms with Crippen molar-refractivity contribution in [1.29, 1.82) is 0 Å². The van der Waals surface area contributed by atoms with Gasteiger partial charge in [0, 0.05) is 0 Å². The molecule has 0 atom stereocenters. The predicted octanol–water partition coefficient (Wildman–Crippen LogP) is 9.30. The van der Waals surface area contributed by atoms with E-state index in [-0.39, 0.29) is 11.5 Å². The zero-order chi connectivity index (χ0) is 24.6. The first-order valence-corrected chi connectivity index (χ1v) is 13.6. The fourth-order valence-corrected chi connectivity index (χ4v) is 5.96. The maximum absolute atomic E-state index is 14.3. The molecular formula is C31H40F2O2. The monoisotopic (exact) mass is 482 g/mol. The Kier molecular flexibility index (Phi) is 9.23. The third kappa shape index (κ3) is 6.65. The summed E-state index contributed by atoms with van der Waals surface area (Å²) in [6.45, 7) is 4.46. The van der Waals surface area contributed by atoms with E-state index in [9.17, 15) is 8.78 Å². The SMILES string of the molecule is C/C=C/Oc1ccc(OCC2CCC(c3ccc(C4CCC(CCC)CC4)cc3)CC2)c(F)c1F. The number of benzene rings is 2. The molecule has 0 bridgehead atoms. The maximum Gasteiger partial charge on any atom is 0.205 e. The lowest BCUT2D eigenvalue weighted by Crippen LogP contribution is -2.19. The summed E-state index contributed by atoms with van der Waals surface area (Å²) >= 11 is 0. The van der Waals surface area contributed by atoms with Crippen molar-refractivity contribution in [3.8, 4) is 11.5 Å². The van der Waals surface area contributed by atoms with Crippen molar-refractivity contribution in [2.45, 2.75) is 89.9 Å². The summed E-state index contributed by atoms with van der Waals surface area (Å²) in [5.41, 5.74) is 2.96. The lowest BCUT2D eigenvalue weighted by Gasteiger charge is -2.30. The van der Waals surface area contributed by atoms with E-state index in [1.165, 1.54) is 68.0 Å². The molecule has 0 N–H and O–H groups in total. The molecule has 0 spiro atoms. The number of ether oxygens (including phenoxy) is 2. The van der Waals surface area contributed by atoms with Gasteiger partial charge in [-0.05, 0) is 105 Å². The molecule has 0 aliphatic heterocycles. The molecule has 35 heavy (non-hydrogen) atoms. The standard InChI is InChI=1S/C31H40F2O2/c1-3-5-22-6-10-24(11-7-22)26-14-16-27(17-15-26)25-12-8-23(9-13-25)21-35-29-19-18-28(34-20-4-2)30(32)31(29)33/h4,14-20,22-25H,3,5-13,21H2,1-2H3/b20-4+. The molecule has 2 saturated carbocycles. The van der Waals surface area contributed by atoms with Crippen molar-refractivity contribution in [3.63, 3.8) is 0 Å². The van der Waals surface area contributed by atoms with E-state index in [2.05, 4.69) is 31.2 Å². The van der Waals surface area contributed by atoms with Gasteiger partial charge < -0.3 is 9.47 Å². The van der Waals surface area contributed by atoms with Gasteiger partial charge in [0.15, 0.2) is 11.5 Å². The van der Waals surface area contributed by atoms with E-state index in [1.54, 1.807) is 13.0 Å². The summed E-state index contributed by atoms with van der Waals surface area (Å²) in [6.07, 6.45) is 15.4. The first-order valence-electron chi connectivity index (χ1n) is 13.6. The van der Waals surface area contributed by atoms with E-state index in [0.29, 0.717) is 18.4 Å². The quantitative estimate of drug-likeness (QED) is 0.332. The van der Waals surface area contributed by atoms with E-state index in [1.807, 2.05) is 0 Å². The van der Waals surface area contributed by atoms with E-state index >= 15 is 0 Å². The molecular weight excluding hydrogens is 442 g/mol. The lowest BCUT2D eigenvalue weighted by atomic mass is 9.76. The van der Waals surface area contributed by atoms with Crippen LogP contribution in [0.3, 0.4) is 0 Å². The number of allylic oxidation sites excluding steroid dienone is 1. The van der Waals surface area contributed by atoms with Crippen LogP contribution in [0, 0.1) is 23.5 Å². The third-order valence-corrected chi connectivity index (χ3v) is 8.09. The van der Waals surface area contributed by atoms with Crippen LogP contribution in [-0.4, -0.2) is 6.61 Å². The molecule has 0 saturated heterocycles. The molecule has 0 aromatic heterocycles. The van der Waals surface area contributed by atoms with Crippen LogP contribution in [0.15, 0.2) is 48.7 Å². The molecule has 2 aromatic carbocycles. The molecule has 0 radical (unpaired) electrons. The van der Waals surface area contributed by atoms with Gasteiger partial charge in [-0.2, -0.15) is 8.78 Å². The van der Waals surface area contributed by atoms with E-state index < -0.39 is 11.6 Å². The molecule has 4 rings (SSSR count). The Bertz CT molecular complexity index is 953. The molecule has 2 nitrogen and oxygen atoms in total. The summed E-state index contributed by atoms with van der Waals surface area (Å²) in [6, 6.07) is 12.3. The highest BCUT2D eigenvalue weighted by atomic mass is 19.2. The van der Waals surface area contributed by atoms with Gasteiger partial charge in [-0.1, -0.05) is 50.1 Å².